The highest BCUT2D eigenvalue weighted by Gasteiger charge is 2.38. The number of hydrogen-bond donors (Lipinski definition) is 1. The fourth-order valence-corrected chi connectivity index (χ4v) is 3.17. The summed E-state index contributed by atoms with van der Waals surface area (Å²) in [5.74, 6) is 0. The molecule has 0 radical (unpaired) electrons. The van der Waals surface area contributed by atoms with E-state index in [1.165, 1.54) is 17.0 Å². The first-order valence-corrected chi connectivity index (χ1v) is 8.10. The normalized spacial score (nSPS) is 18.0. The molecule has 0 bridgehead atoms. The van der Waals surface area contributed by atoms with E-state index in [2.05, 4.69) is 10.3 Å². The maximum absolute atomic E-state index is 13.4. The van der Waals surface area contributed by atoms with Gasteiger partial charge in [-0.05, 0) is 43.0 Å². The fourth-order valence-electron chi connectivity index (χ4n) is 3.17. The van der Waals surface area contributed by atoms with Crippen molar-refractivity contribution in [3.8, 4) is 0 Å². The summed E-state index contributed by atoms with van der Waals surface area (Å²) in [6.45, 7) is 0.424. The van der Waals surface area contributed by atoms with Crippen LogP contribution in [0.2, 0.25) is 0 Å². The summed E-state index contributed by atoms with van der Waals surface area (Å²) >= 11 is 0. The van der Waals surface area contributed by atoms with Gasteiger partial charge in [-0.3, -0.25) is 4.98 Å². The summed E-state index contributed by atoms with van der Waals surface area (Å²) in [7, 11) is 0. The Bertz CT molecular complexity index is 734. The van der Waals surface area contributed by atoms with Crippen LogP contribution in [-0.4, -0.2) is 22.5 Å². The molecular weight excluding hydrogens is 331 g/mol. The van der Waals surface area contributed by atoms with Crippen LogP contribution in [0.4, 0.5) is 23.7 Å². The van der Waals surface area contributed by atoms with Crippen LogP contribution in [0.25, 0.3) is 0 Å². The highest BCUT2D eigenvalue weighted by Crippen LogP contribution is 2.39. The minimum absolute atomic E-state index is 0.152. The van der Waals surface area contributed by atoms with Crippen molar-refractivity contribution in [2.24, 2.45) is 0 Å². The topological polar surface area (TPSA) is 45.2 Å². The van der Waals surface area contributed by atoms with E-state index in [1.807, 2.05) is 0 Å². The molecule has 132 valence electrons. The lowest BCUT2D eigenvalue weighted by atomic mass is 9.92. The number of carbonyl (C=O) groups excluding carboxylic acids is 1. The van der Waals surface area contributed by atoms with Crippen molar-refractivity contribution in [2.45, 2.75) is 31.5 Å². The van der Waals surface area contributed by atoms with Gasteiger partial charge in [0.25, 0.3) is 0 Å². The van der Waals surface area contributed by atoms with E-state index >= 15 is 0 Å². The summed E-state index contributed by atoms with van der Waals surface area (Å²) in [6, 6.07) is 7.78. The SMILES string of the molecule is O=C(Nc1ccncc1)N1CCCCC1c1ccccc1C(F)(F)F. The number of nitrogens with zero attached hydrogens (tertiary/aromatic N) is 2. The van der Waals surface area contributed by atoms with Crippen LogP contribution < -0.4 is 5.32 Å². The predicted octanol–water partition coefficient (Wildman–Crippen LogP) is 4.86. The molecule has 0 saturated carbocycles. The number of likely N-dealkylation sites (tertiary alicyclic amines) is 1. The van der Waals surface area contributed by atoms with Crippen molar-refractivity contribution >= 4 is 11.7 Å². The molecule has 7 heteroatoms. The van der Waals surface area contributed by atoms with Gasteiger partial charge in [-0.1, -0.05) is 18.2 Å². The number of aromatic nitrogens is 1. The zero-order chi connectivity index (χ0) is 17.9. The van der Waals surface area contributed by atoms with Crippen LogP contribution in [0.15, 0.2) is 48.8 Å². The molecule has 2 amide bonds. The van der Waals surface area contributed by atoms with Gasteiger partial charge in [0.05, 0.1) is 11.6 Å². The molecule has 1 fully saturated rings. The second-order valence-electron chi connectivity index (χ2n) is 5.96. The first-order chi connectivity index (χ1) is 12.0. The number of hydrogen-bond acceptors (Lipinski definition) is 2. The number of rotatable bonds is 2. The lowest BCUT2D eigenvalue weighted by Crippen LogP contribution is -2.41. The van der Waals surface area contributed by atoms with E-state index in [9.17, 15) is 18.0 Å². The largest absolute Gasteiger partial charge is 0.416 e. The lowest BCUT2D eigenvalue weighted by molar-refractivity contribution is -0.138. The zero-order valence-corrected chi connectivity index (χ0v) is 13.5. The zero-order valence-electron chi connectivity index (χ0n) is 13.5. The summed E-state index contributed by atoms with van der Waals surface area (Å²) in [5.41, 5.74) is 0.0385. The van der Waals surface area contributed by atoms with Crippen LogP contribution >= 0.6 is 0 Å². The summed E-state index contributed by atoms with van der Waals surface area (Å²) < 4.78 is 40.1. The van der Waals surface area contributed by atoms with Crippen molar-refractivity contribution in [2.75, 3.05) is 11.9 Å². The first-order valence-electron chi connectivity index (χ1n) is 8.10. The Hall–Kier alpha value is -2.57. The third-order valence-corrected chi connectivity index (χ3v) is 4.32. The Morgan fingerprint density at radius 1 is 1.12 bits per heavy atom. The number of amides is 2. The maximum Gasteiger partial charge on any atom is 0.416 e. The Morgan fingerprint density at radius 2 is 1.84 bits per heavy atom. The van der Waals surface area contributed by atoms with Gasteiger partial charge in [0, 0.05) is 24.6 Å². The van der Waals surface area contributed by atoms with Gasteiger partial charge in [-0.15, -0.1) is 0 Å². The smallest absolute Gasteiger partial charge is 0.317 e. The lowest BCUT2D eigenvalue weighted by Gasteiger charge is -2.37. The van der Waals surface area contributed by atoms with Crippen LogP contribution in [0.3, 0.4) is 0 Å². The monoisotopic (exact) mass is 349 g/mol. The minimum Gasteiger partial charge on any atom is -0.317 e. The van der Waals surface area contributed by atoms with Gasteiger partial charge in [0.2, 0.25) is 0 Å². The first kappa shape index (κ1) is 17.3. The molecule has 3 rings (SSSR count). The standard InChI is InChI=1S/C18H18F3N3O/c19-18(20,21)15-6-2-1-5-14(15)16-7-3-4-12-24(16)17(25)23-13-8-10-22-11-9-13/h1-2,5-6,8-11,16H,3-4,7,12H2,(H,22,23,25). The van der Waals surface area contributed by atoms with Crippen molar-refractivity contribution in [3.05, 3.63) is 59.9 Å². The molecule has 1 unspecified atom stereocenters. The molecule has 1 aromatic heterocycles. The molecule has 1 N–H and O–H groups in total. The third kappa shape index (κ3) is 3.92. The number of pyridine rings is 1. The van der Waals surface area contributed by atoms with Crippen molar-refractivity contribution < 1.29 is 18.0 Å². The number of benzene rings is 1. The molecule has 1 aliphatic rings. The molecule has 0 aliphatic carbocycles. The van der Waals surface area contributed by atoms with Crippen LogP contribution in [0.5, 0.6) is 0 Å². The molecule has 1 saturated heterocycles. The minimum atomic E-state index is -4.44. The van der Waals surface area contributed by atoms with E-state index in [-0.39, 0.29) is 5.56 Å². The van der Waals surface area contributed by atoms with E-state index in [0.29, 0.717) is 18.7 Å². The Kier molecular flexibility index (Phi) is 4.92. The highest BCUT2D eigenvalue weighted by atomic mass is 19.4. The number of piperidine rings is 1. The second kappa shape index (κ2) is 7.13. The number of halogens is 3. The highest BCUT2D eigenvalue weighted by molar-refractivity contribution is 5.89. The number of urea groups is 1. The third-order valence-electron chi connectivity index (χ3n) is 4.32. The number of alkyl halides is 3. The van der Waals surface area contributed by atoms with Crippen LogP contribution in [-0.2, 0) is 6.18 Å². The van der Waals surface area contributed by atoms with Crippen molar-refractivity contribution in [1.82, 2.24) is 9.88 Å². The molecule has 4 nitrogen and oxygen atoms in total. The van der Waals surface area contributed by atoms with E-state index < -0.39 is 23.8 Å². The van der Waals surface area contributed by atoms with E-state index in [1.54, 1.807) is 30.6 Å². The van der Waals surface area contributed by atoms with Gasteiger partial charge in [0.15, 0.2) is 0 Å². The molecule has 0 spiro atoms. The van der Waals surface area contributed by atoms with Gasteiger partial charge >= 0.3 is 12.2 Å². The molecule has 2 heterocycles. The van der Waals surface area contributed by atoms with Gasteiger partial charge < -0.3 is 10.2 Å². The Morgan fingerprint density at radius 3 is 2.56 bits per heavy atom. The molecule has 1 atom stereocenters. The predicted molar refractivity (Wildman–Crippen MR) is 88.0 cm³/mol. The van der Waals surface area contributed by atoms with E-state index in [4.69, 9.17) is 0 Å². The second-order valence-corrected chi connectivity index (χ2v) is 5.96. The summed E-state index contributed by atoms with van der Waals surface area (Å²) in [6.07, 6.45) is 0.715. The molecule has 1 aliphatic heterocycles. The Balaban J connectivity index is 1.88. The number of nitrogens with one attached hydrogen (secondary N) is 1. The fraction of sp³-hybridized carbons (Fsp3) is 0.333. The molecular formula is C18H18F3N3O. The van der Waals surface area contributed by atoms with E-state index in [0.717, 1.165) is 18.9 Å². The maximum atomic E-state index is 13.4. The van der Waals surface area contributed by atoms with Crippen molar-refractivity contribution in [1.29, 1.82) is 0 Å². The summed E-state index contributed by atoms with van der Waals surface area (Å²) in [4.78, 5) is 18.0. The van der Waals surface area contributed by atoms with Crippen molar-refractivity contribution in [3.63, 3.8) is 0 Å². The number of anilines is 1. The average molecular weight is 349 g/mol. The Labute approximate surface area is 143 Å². The van der Waals surface area contributed by atoms with Gasteiger partial charge in [-0.25, -0.2) is 4.79 Å². The van der Waals surface area contributed by atoms with Crippen LogP contribution in [0, 0.1) is 0 Å². The molecule has 25 heavy (non-hydrogen) atoms. The van der Waals surface area contributed by atoms with Crippen LogP contribution in [0.1, 0.15) is 36.4 Å². The van der Waals surface area contributed by atoms with Gasteiger partial charge in [-0.2, -0.15) is 13.2 Å². The quantitative estimate of drug-likeness (QED) is 0.841. The van der Waals surface area contributed by atoms with Gasteiger partial charge in [0.1, 0.15) is 0 Å². The molecule has 1 aromatic carbocycles. The summed E-state index contributed by atoms with van der Waals surface area (Å²) in [5, 5.41) is 2.74. The molecule has 2 aromatic rings. The average Bonchev–Trinajstić information content (AvgIpc) is 2.62. The number of carbonyl (C=O) groups is 1.